The van der Waals surface area contributed by atoms with Crippen LogP contribution in [0.1, 0.15) is 42.1 Å². The maximum absolute atomic E-state index is 13.6. The summed E-state index contributed by atoms with van der Waals surface area (Å²) in [5.41, 5.74) is 7.90. The van der Waals surface area contributed by atoms with E-state index in [1.165, 1.54) is 0 Å². The van der Waals surface area contributed by atoms with E-state index >= 15 is 0 Å². The van der Waals surface area contributed by atoms with Crippen LogP contribution in [0, 0.1) is 0 Å². The Bertz CT molecular complexity index is 612. The van der Waals surface area contributed by atoms with Crippen molar-refractivity contribution in [3.8, 4) is 0 Å². The number of rotatable bonds is 5. The average molecular weight is 329 g/mol. The summed E-state index contributed by atoms with van der Waals surface area (Å²) in [5, 5.41) is 9.93. The first kappa shape index (κ1) is 16.4. The highest BCUT2D eigenvalue weighted by Gasteiger charge is 2.47. The van der Waals surface area contributed by atoms with Crippen LogP contribution in [0.15, 0.2) is 60.7 Å². The molecule has 1 aliphatic carbocycles. The molecule has 0 spiro atoms. The van der Waals surface area contributed by atoms with Gasteiger partial charge in [-0.2, -0.15) is 0 Å². The van der Waals surface area contributed by atoms with Crippen molar-refractivity contribution in [2.75, 3.05) is 0 Å². The Hall–Kier alpha value is -1.49. The molecule has 0 bridgehead atoms. The lowest BCUT2D eigenvalue weighted by Crippen LogP contribution is -2.50. The maximum atomic E-state index is 13.6. The van der Waals surface area contributed by atoms with E-state index in [1.807, 2.05) is 60.7 Å². The summed E-state index contributed by atoms with van der Waals surface area (Å²) in [6, 6.07) is 19.8. The van der Waals surface area contributed by atoms with Gasteiger partial charge in [0.15, 0.2) is 0 Å². The Morgan fingerprint density at radius 1 is 0.913 bits per heavy atom. The van der Waals surface area contributed by atoms with Crippen molar-refractivity contribution in [3.05, 3.63) is 71.8 Å². The molecular weight excluding hydrogens is 306 g/mol. The fourth-order valence-corrected chi connectivity index (χ4v) is 5.73. The lowest BCUT2D eigenvalue weighted by Gasteiger charge is -2.35. The van der Waals surface area contributed by atoms with Crippen molar-refractivity contribution in [3.63, 3.8) is 0 Å². The standard InChI is InChI=1S/C19H23NO2S/c20-18(21)19(13-7-8-14-19)23(22)17(15-9-3-1-4-10-15)16-11-5-2-6-12-16/h1-6,9-12,17-18,21H,7-8,13-14,20H2. The van der Waals surface area contributed by atoms with Gasteiger partial charge in [0, 0.05) is 10.8 Å². The molecule has 3 nitrogen and oxygen atoms in total. The molecule has 1 saturated carbocycles. The molecule has 1 fully saturated rings. The summed E-state index contributed by atoms with van der Waals surface area (Å²) in [6.07, 6.45) is 2.31. The molecule has 0 aliphatic heterocycles. The highest BCUT2D eigenvalue weighted by atomic mass is 32.2. The zero-order valence-corrected chi connectivity index (χ0v) is 13.9. The van der Waals surface area contributed by atoms with Crippen LogP contribution in [0.4, 0.5) is 0 Å². The Labute approximate surface area is 140 Å². The minimum absolute atomic E-state index is 0.270. The monoisotopic (exact) mass is 329 g/mol. The maximum Gasteiger partial charge on any atom is 0.119 e. The topological polar surface area (TPSA) is 63.3 Å². The van der Waals surface area contributed by atoms with E-state index in [2.05, 4.69) is 0 Å². The van der Waals surface area contributed by atoms with Gasteiger partial charge in [0.2, 0.25) is 0 Å². The molecule has 3 N–H and O–H groups in total. The van der Waals surface area contributed by atoms with Crippen molar-refractivity contribution in [1.82, 2.24) is 0 Å². The summed E-state index contributed by atoms with van der Waals surface area (Å²) >= 11 is 0. The molecule has 4 heteroatoms. The highest BCUT2D eigenvalue weighted by Crippen LogP contribution is 2.43. The molecule has 0 heterocycles. The molecule has 0 aromatic heterocycles. The first-order chi connectivity index (χ1) is 11.1. The lowest BCUT2D eigenvalue weighted by atomic mass is 10.0. The summed E-state index contributed by atoms with van der Waals surface area (Å²) in [4.78, 5) is 0. The van der Waals surface area contributed by atoms with E-state index in [0.29, 0.717) is 12.8 Å². The summed E-state index contributed by atoms with van der Waals surface area (Å²) in [7, 11) is -1.30. The Morgan fingerprint density at radius 2 is 1.35 bits per heavy atom. The number of aliphatic hydroxyl groups excluding tert-OH is 1. The van der Waals surface area contributed by atoms with Crippen molar-refractivity contribution in [2.24, 2.45) is 5.73 Å². The first-order valence-corrected chi connectivity index (χ1v) is 9.31. The highest BCUT2D eigenvalue weighted by molar-refractivity contribution is 7.87. The molecule has 2 atom stereocenters. The molecule has 0 radical (unpaired) electrons. The van der Waals surface area contributed by atoms with E-state index in [0.717, 1.165) is 24.0 Å². The van der Waals surface area contributed by atoms with Crippen LogP contribution in [-0.4, -0.2) is 20.3 Å². The van der Waals surface area contributed by atoms with Crippen LogP contribution in [-0.2, 0) is 10.8 Å². The third-order valence-electron chi connectivity index (χ3n) is 4.81. The minimum Gasteiger partial charge on any atom is -0.377 e. The normalized spacial score (nSPS) is 19.6. The molecule has 2 aromatic carbocycles. The zero-order valence-electron chi connectivity index (χ0n) is 13.1. The predicted molar refractivity (Wildman–Crippen MR) is 94.3 cm³/mol. The molecule has 2 unspecified atom stereocenters. The number of hydrogen-bond donors (Lipinski definition) is 2. The van der Waals surface area contributed by atoms with Crippen molar-refractivity contribution in [1.29, 1.82) is 0 Å². The second kappa shape index (κ2) is 6.95. The molecule has 0 saturated heterocycles. The molecule has 2 aromatic rings. The number of aliphatic hydroxyl groups is 1. The Kier molecular flexibility index (Phi) is 4.95. The number of hydrogen-bond acceptors (Lipinski definition) is 3. The van der Waals surface area contributed by atoms with Gasteiger partial charge < -0.3 is 10.8 Å². The predicted octanol–water partition coefficient (Wildman–Crippen LogP) is 3.11. The van der Waals surface area contributed by atoms with E-state index in [9.17, 15) is 9.32 Å². The van der Waals surface area contributed by atoms with Crippen molar-refractivity contribution < 1.29 is 9.32 Å². The van der Waals surface area contributed by atoms with E-state index < -0.39 is 21.8 Å². The van der Waals surface area contributed by atoms with Gasteiger partial charge in [-0.25, -0.2) is 0 Å². The largest absolute Gasteiger partial charge is 0.377 e. The van der Waals surface area contributed by atoms with Crippen LogP contribution in [0.25, 0.3) is 0 Å². The molecule has 122 valence electrons. The quantitative estimate of drug-likeness (QED) is 0.829. The summed E-state index contributed by atoms with van der Waals surface area (Å²) in [5.74, 6) is 0. The average Bonchev–Trinajstić information content (AvgIpc) is 3.08. The molecule has 1 aliphatic rings. The fourth-order valence-electron chi connectivity index (χ4n) is 3.52. The van der Waals surface area contributed by atoms with Gasteiger partial charge in [-0.3, -0.25) is 4.21 Å². The smallest absolute Gasteiger partial charge is 0.119 e. The molecular formula is C19H23NO2S. The second-order valence-electron chi connectivity index (χ2n) is 6.22. The van der Waals surface area contributed by atoms with Gasteiger partial charge in [-0.1, -0.05) is 73.5 Å². The third-order valence-corrected chi connectivity index (χ3v) is 7.23. The first-order valence-electron chi connectivity index (χ1n) is 8.09. The van der Waals surface area contributed by atoms with E-state index in [4.69, 9.17) is 5.73 Å². The third kappa shape index (κ3) is 3.11. The van der Waals surface area contributed by atoms with Gasteiger partial charge in [-0.05, 0) is 24.0 Å². The van der Waals surface area contributed by atoms with Crippen molar-refractivity contribution >= 4 is 10.8 Å². The van der Waals surface area contributed by atoms with Crippen LogP contribution < -0.4 is 5.73 Å². The number of benzene rings is 2. The van der Waals surface area contributed by atoms with Gasteiger partial charge in [-0.15, -0.1) is 0 Å². The summed E-state index contributed by atoms with van der Waals surface area (Å²) < 4.78 is 12.9. The van der Waals surface area contributed by atoms with Crippen LogP contribution in [0.2, 0.25) is 0 Å². The van der Waals surface area contributed by atoms with E-state index in [-0.39, 0.29) is 5.25 Å². The fraction of sp³-hybridized carbons (Fsp3) is 0.368. The SMILES string of the molecule is NC(O)C1(S(=O)C(c2ccccc2)c2ccccc2)CCCC1. The second-order valence-corrected chi connectivity index (χ2v) is 8.09. The van der Waals surface area contributed by atoms with Gasteiger partial charge in [0.1, 0.15) is 6.23 Å². The Morgan fingerprint density at radius 3 is 1.74 bits per heavy atom. The molecule has 3 rings (SSSR count). The zero-order chi connectivity index (χ0) is 16.3. The van der Waals surface area contributed by atoms with E-state index in [1.54, 1.807) is 0 Å². The summed E-state index contributed by atoms with van der Waals surface area (Å²) in [6.45, 7) is 0. The lowest BCUT2D eigenvalue weighted by molar-refractivity contribution is 0.133. The minimum atomic E-state index is -1.30. The van der Waals surface area contributed by atoms with Crippen molar-refractivity contribution in [2.45, 2.75) is 41.9 Å². The van der Waals surface area contributed by atoms with Gasteiger partial charge in [0.05, 0.1) is 10.00 Å². The van der Waals surface area contributed by atoms with Crippen LogP contribution in [0.5, 0.6) is 0 Å². The van der Waals surface area contributed by atoms with Gasteiger partial charge in [0.25, 0.3) is 0 Å². The van der Waals surface area contributed by atoms with Gasteiger partial charge >= 0.3 is 0 Å². The Balaban J connectivity index is 2.07. The molecule has 23 heavy (non-hydrogen) atoms. The van der Waals surface area contributed by atoms with Crippen LogP contribution in [0.3, 0.4) is 0 Å². The number of nitrogens with two attached hydrogens (primary N) is 1. The molecule has 0 amide bonds. The van der Waals surface area contributed by atoms with Crippen LogP contribution >= 0.6 is 0 Å².